The van der Waals surface area contributed by atoms with E-state index in [-0.39, 0.29) is 26.0 Å². The quantitative estimate of drug-likeness (QED) is 0.359. The molecule has 0 aliphatic carbocycles. The zero-order valence-corrected chi connectivity index (χ0v) is 19.7. The minimum Gasteiger partial charge on any atom is -0.484 e. The fourth-order valence-electron chi connectivity index (χ4n) is 3.52. The maximum atomic E-state index is 13.1. The van der Waals surface area contributed by atoms with Crippen LogP contribution in [-0.4, -0.2) is 66.0 Å². The molecule has 5 N–H and O–H groups in total. The number of carboxylic acid groups (broad SMARTS) is 1. The van der Waals surface area contributed by atoms with Crippen LogP contribution >= 0.6 is 0 Å². The first kappa shape index (κ1) is 26.2. The zero-order chi connectivity index (χ0) is 26.1. The molecule has 11 heteroatoms. The maximum absolute atomic E-state index is 13.1. The number of carboxylic acids is 1. The Labute approximate surface area is 207 Å². The van der Waals surface area contributed by atoms with E-state index in [2.05, 4.69) is 21.3 Å². The summed E-state index contributed by atoms with van der Waals surface area (Å²) >= 11 is 0. The van der Waals surface area contributed by atoms with Gasteiger partial charge in [-0.15, -0.1) is 0 Å². The van der Waals surface area contributed by atoms with Crippen LogP contribution in [-0.2, 0) is 36.8 Å². The van der Waals surface area contributed by atoms with E-state index in [1.807, 2.05) is 0 Å². The van der Waals surface area contributed by atoms with Crippen molar-refractivity contribution in [2.75, 3.05) is 13.2 Å². The molecular weight excluding hydrogens is 468 g/mol. The number of carbonyl (C=O) groups excluding carboxylic acids is 4. The average Bonchev–Trinajstić information content (AvgIpc) is 2.86. The van der Waals surface area contributed by atoms with Crippen LogP contribution in [0.15, 0.2) is 54.6 Å². The van der Waals surface area contributed by atoms with Gasteiger partial charge in [0.25, 0.3) is 5.91 Å². The Hall–Kier alpha value is -4.41. The highest BCUT2D eigenvalue weighted by molar-refractivity contribution is 5.94. The van der Waals surface area contributed by atoms with Crippen molar-refractivity contribution >= 4 is 29.6 Å². The first-order valence-corrected chi connectivity index (χ1v) is 11.4. The number of carbonyl (C=O) groups is 5. The van der Waals surface area contributed by atoms with Crippen molar-refractivity contribution in [2.45, 2.75) is 37.9 Å². The molecule has 0 spiro atoms. The molecule has 0 saturated carbocycles. The molecule has 3 atom stereocenters. The second kappa shape index (κ2) is 12.3. The van der Waals surface area contributed by atoms with Gasteiger partial charge >= 0.3 is 5.97 Å². The molecule has 4 amide bonds. The predicted molar refractivity (Wildman–Crippen MR) is 128 cm³/mol. The normalized spacial score (nSPS) is 22.0. The SMILES string of the molecule is CC1NC(=O)CNC(=O)COc2ccc(cc2)CC(C(=O)O)NC(=O)C(Cc2ccccc2)NC1=O. The molecule has 2 aliphatic heterocycles. The number of nitrogens with one attached hydrogen (secondary N) is 4. The molecule has 2 aliphatic rings. The highest BCUT2D eigenvalue weighted by atomic mass is 16.5. The Bertz CT molecular complexity index is 1110. The van der Waals surface area contributed by atoms with Crippen LogP contribution in [0.5, 0.6) is 5.75 Å². The fourth-order valence-corrected chi connectivity index (χ4v) is 3.52. The Morgan fingerprint density at radius 2 is 1.61 bits per heavy atom. The lowest BCUT2D eigenvalue weighted by Gasteiger charge is -2.23. The minimum atomic E-state index is -1.26. The minimum absolute atomic E-state index is 0.0136. The monoisotopic (exact) mass is 496 g/mol. The van der Waals surface area contributed by atoms with Gasteiger partial charge in [-0.25, -0.2) is 4.79 Å². The van der Waals surface area contributed by atoms with Crippen LogP contribution in [0.1, 0.15) is 18.1 Å². The lowest BCUT2D eigenvalue weighted by atomic mass is 10.0. The molecule has 3 unspecified atom stereocenters. The summed E-state index contributed by atoms with van der Waals surface area (Å²) in [6.07, 6.45) is 0.0911. The van der Waals surface area contributed by atoms with Gasteiger partial charge < -0.3 is 31.1 Å². The van der Waals surface area contributed by atoms with Gasteiger partial charge in [0.05, 0.1) is 6.54 Å². The van der Waals surface area contributed by atoms with Crippen LogP contribution in [0, 0.1) is 0 Å². The van der Waals surface area contributed by atoms with Crippen molar-refractivity contribution in [2.24, 2.45) is 0 Å². The summed E-state index contributed by atoms with van der Waals surface area (Å²) in [4.78, 5) is 62.0. The third-order valence-electron chi connectivity index (χ3n) is 5.48. The number of hydrogen-bond acceptors (Lipinski definition) is 6. The summed E-state index contributed by atoms with van der Waals surface area (Å²) in [5.74, 6) is -3.33. The van der Waals surface area contributed by atoms with Gasteiger partial charge in [-0.3, -0.25) is 19.2 Å². The number of benzene rings is 2. The summed E-state index contributed by atoms with van der Waals surface area (Å²) in [6, 6.07) is 11.9. The molecular formula is C25H28N4O7. The third kappa shape index (κ3) is 7.83. The van der Waals surface area contributed by atoms with Gasteiger partial charge in [0.2, 0.25) is 17.7 Å². The van der Waals surface area contributed by atoms with E-state index < -0.39 is 47.7 Å². The van der Waals surface area contributed by atoms with E-state index in [0.29, 0.717) is 11.3 Å². The van der Waals surface area contributed by atoms with Crippen molar-refractivity contribution in [3.63, 3.8) is 0 Å². The fraction of sp³-hybridized carbons (Fsp3) is 0.320. The standard InChI is InChI=1S/C25H28N4O7/c1-15-23(32)28-19(11-16-5-3-2-4-6-16)24(33)29-20(25(34)35)12-17-7-9-18(10-8-17)36-14-22(31)26-13-21(30)27-15/h2-10,15,19-20H,11-14H2,1H3,(H,26,31)(H,27,30)(H,28,32)(H,29,33)(H,34,35). The van der Waals surface area contributed by atoms with Crippen LogP contribution in [0.4, 0.5) is 0 Å². The van der Waals surface area contributed by atoms with Crippen LogP contribution in [0.2, 0.25) is 0 Å². The van der Waals surface area contributed by atoms with E-state index >= 15 is 0 Å². The summed E-state index contributed by atoms with van der Waals surface area (Å²) in [7, 11) is 0. The van der Waals surface area contributed by atoms with Crippen molar-refractivity contribution in [1.82, 2.24) is 21.3 Å². The van der Waals surface area contributed by atoms with E-state index in [1.54, 1.807) is 54.6 Å². The molecule has 2 aromatic rings. The smallest absolute Gasteiger partial charge is 0.326 e. The summed E-state index contributed by atoms with van der Waals surface area (Å²) in [5.41, 5.74) is 1.36. The molecule has 2 heterocycles. The number of hydrogen-bond donors (Lipinski definition) is 5. The number of amides is 4. The maximum Gasteiger partial charge on any atom is 0.326 e. The summed E-state index contributed by atoms with van der Waals surface area (Å²) < 4.78 is 5.38. The van der Waals surface area contributed by atoms with Gasteiger partial charge in [-0.2, -0.15) is 0 Å². The molecule has 2 aromatic carbocycles. The number of rotatable bonds is 3. The van der Waals surface area contributed by atoms with Crippen molar-refractivity contribution < 1.29 is 33.8 Å². The van der Waals surface area contributed by atoms with Crippen molar-refractivity contribution in [3.05, 3.63) is 65.7 Å². The van der Waals surface area contributed by atoms with Crippen LogP contribution in [0.25, 0.3) is 0 Å². The Morgan fingerprint density at radius 3 is 2.28 bits per heavy atom. The van der Waals surface area contributed by atoms with Gasteiger partial charge in [-0.05, 0) is 30.2 Å². The number of fused-ring (bicyclic) bond motifs is 16. The second-order valence-corrected chi connectivity index (χ2v) is 8.35. The molecule has 0 fully saturated rings. The van der Waals surface area contributed by atoms with Gasteiger partial charge in [0.15, 0.2) is 6.61 Å². The number of ether oxygens (including phenoxy) is 1. The summed E-state index contributed by atoms with van der Waals surface area (Å²) in [5, 5.41) is 19.7. The predicted octanol–water partition coefficient (Wildman–Crippen LogP) is -0.461. The molecule has 0 aromatic heterocycles. The largest absolute Gasteiger partial charge is 0.484 e. The first-order valence-electron chi connectivity index (χ1n) is 11.4. The van der Waals surface area contributed by atoms with Crippen molar-refractivity contribution in [3.8, 4) is 5.75 Å². The Kier molecular flexibility index (Phi) is 8.98. The van der Waals surface area contributed by atoms with E-state index in [4.69, 9.17) is 4.74 Å². The highest BCUT2D eigenvalue weighted by Crippen LogP contribution is 2.14. The third-order valence-corrected chi connectivity index (χ3v) is 5.48. The Morgan fingerprint density at radius 1 is 0.917 bits per heavy atom. The molecule has 190 valence electrons. The van der Waals surface area contributed by atoms with E-state index in [0.717, 1.165) is 5.56 Å². The van der Waals surface area contributed by atoms with Crippen molar-refractivity contribution in [1.29, 1.82) is 0 Å². The zero-order valence-electron chi connectivity index (χ0n) is 19.7. The molecule has 11 nitrogen and oxygen atoms in total. The Balaban J connectivity index is 1.86. The van der Waals surface area contributed by atoms with Gasteiger partial charge in [0.1, 0.15) is 23.9 Å². The van der Waals surface area contributed by atoms with Crippen LogP contribution in [0.3, 0.4) is 0 Å². The lowest BCUT2D eigenvalue weighted by molar-refractivity contribution is -0.142. The second-order valence-electron chi connectivity index (χ2n) is 8.35. The van der Waals surface area contributed by atoms with Gasteiger partial charge in [0, 0.05) is 12.8 Å². The molecule has 4 rings (SSSR count). The number of aliphatic carboxylic acids is 1. The average molecular weight is 497 g/mol. The van der Waals surface area contributed by atoms with E-state index in [9.17, 15) is 29.1 Å². The molecule has 0 radical (unpaired) electrons. The molecule has 0 saturated heterocycles. The van der Waals surface area contributed by atoms with E-state index in [1.165, 1.54) is 6.92 Å². The highest BCUT2D eigenvalue weighted by Gasteiger charge is 2.29. The lowest BCUT2D eigenvalue weighted by Crippen LogP contribution is -2.56. The molecule has 36 heavy (non-hydrogen) atoms. The first-order chi connectivity index (χ1) is 17.2. The molecule has 2 bridgehead atoms. The van der Waals surface area contributed by atoms with Crippen LogP contribution < -0.4 is 26.0 Å². The topological polar surface area (TPSA) is 163 Å². The summed E-state index contributed by atoms with van der Waals surface area (Å²) in [6.45, 7) is 0.727. The van der Waals surface area contributed by atoms with Gasteiger partial charge in [-0.1, -0.05) is 42.5 Å².